The van der Waals surface area contributed by atoms with E-state index >= 15 is 0 Å². The van der Waals surface area contributed by atoms with Crippen LogP contribution in [0.15, 0.2) is 6.07 Å². The Morgan fingerprint density at radius 2 is 2.45 bits per heavy atom. The number of Topliss-reactive ketones (excluding diaryl/α,β-unsaturated/α-hetero) is 1. The standard InChI is InChI=1S/C7H9ClN2O/c1-5-3-7(8)9-10(5)4-6(2)11/h3H,4H2,1-2H3. The molecule has 0 fully saturated rings. The first kappa shape index (κ1) is 8.27. The van der Waals surface area contributed by atoms with Gasteiger partial charge in [0.15, 0.2) is 10.9 Å². The molecule has 0 saturated heterocycles. The number of hydrogen-bond acceptors (Lipinski definition) is 2. The van der Waals surface area contributed by atoms with Crippen LogP contribution in [0.1, 0.15) is 12.6 Å². The molecular formula is C7H9ClN2O. The Balaban J connectivity index is 2.85. The predicted octanol–water partition coefficient (Wildman–Crippen LogP) is 1.43. The van der Waals surface area contributed by atoms with Crippen LogP contribution in [0.25, 0.3) is 0 Å². The van der Waals surface area contributed by atoms with Crippen LogP contribution in [-0.2, 0) is 11.3 Å². The SMILES string of the molecule is CC(=O)Cn1nc(Cl)cc1C. The molecule has 1 aromatic rings. The number of aryl methyl sites for hydroxylation is 1. The van der Waals surface area contributed by atoms with Gasteiger partial charge in [0.1, 0.15) is 0 Å². The zero-order valence-electron chi connectivity index (χ0n) is 6.47. The van der Waals surface area contributed by atoms with Crippen LogP contribution in [-0.4, -0.2) is 15.6 Å². The van der Waals surface area contributed by atoms with Crippen LogP contribution in [0, 0.1) is 6.92 Å². The van der Waals surface area contributed by atoms with Gasteiger partial charge in [-0.2, -0.15) is 5.10 Å². The highest BCUT2D eigenvalue weighted by molar-refractivity contribution is 6.29. The van der Waals surface area contributed by atoms with E-state index in [0.717, 1.165) is 5.69 Å². The maximum absolute atomic E-state index is 10.7. The topological polar surface area (TPSA) is 34.9 Å². The number of carbonyl (C=O) groups excluding carboxylic acids is 1. The molecule has 0 unspecified atom stereocenters. The summed E-state index contributed by atoms with van der Waals surface area (Å²) in [7, 11) is 0. The molecule has 0 aromatic carbocycles. The molecule has 0 aliphatic rings. The lowest BCUT2D eigenvalue weighted by molar-refractivity contribution is -0.117. The highest BCUT2D eigenvalue weighted by Crippen LogP contribution is 2.07. The second kappa shape index (κ2) is 3.05. The summed E-state index contributed by atoms with van der Waals surface area (Å²) in [5.41, 5.74) is 0.908. The van der Waals surface area contributed by atoms with Crippen molar-refractivity contribution in [3.05, 3.63) is 16.9 Å². The highest BCUT2D eigenvalue weighted by atomic mass is 35.5. The minimum Gasteiger partial charge on any atom is -0.298 e. The van der Waals surface area contributed by atoms with Gasteiger partial charge >= 0.3 is 0 Å². The normalized spacial score (nSPS) is 10.1. The molecule has 60 valence electrons. The third-order valence-corrected chi connectivity index (χ3v) is 1.51. The Morgan fingerprint density at radius 1 is 1.82 bits per heavy atom. The number of aromatic nitrogens is 2. The molecule has 1 aromatic heterocycles. The minimum absolute atomic E-state index is 0.0767. The van der Waals surface area contributed by atoms with Crippen LogP contribution in [0.3, 0.4) is 0 Å². The van der Waals surface area contributed by atoms with Gasteiger partial charge in [0.2, 0.25) is 0 Å². The van der Waals surface area contributed by atoms with Gasteiger partial charge in [-0.3, -0.25) is 9.48 Å². The van der Waals surface area contributed by atoms with E-state index < -0.39 is 0 Å². The van der Waals surface area contributed by atoms with Crippen molar-refractivity contribution < 1.29 is 4.79 Å². The smallest absolute Gasteiger partial charge is 0.151 e. The van der Waals surface area contributed by atoms with E-state index in [1.807, 2.05) is 6.92 Å². The molecule has 0 aliphatic carbocycles. The molecule has 0 bridgehead atoms. The van der Waals surface area contributed by atoms with E-state index in [4.69, 9.17) is 11.6 Å². The van der Waals surface area contributed by atoms with Gasteiger partial charge in [0, 0.05) is 5.69 Å². The lowest BCUT2D eigenvalue weighted by Crippen LogP contribution is -2.08. The highest BCUT2D eigenvalue weighted by Gasteiger charge is 2.02. The summed E-state index contributed by atoms with van der Waals surface area (Å²) in [4.78, 5) is 10.7. The minimum atomic E-state index is 0.0767. The molecule has 0 aliphatic heterocycles. The monoisotopic (exact) mass is 172 g/mol. The van der Waals surface area contributed by atoms with Crippen molar-refractivity contribution in [2.45, 2.75) is 20.4 Å². The third-order valence-electron chi connectivity index (χ3n) is 1.32. The van der Waals surface area contributed by atoms with E-state index in [1.165, 1.54) is 6.92 Å². The van der Waals surface area contributed by atoms with E-state index in [1.54, 1.807) is 10.7 Å². The molecule has 11 heavy (non-hydrogen) atoms. The van der Waals surface area contributed by atoms with Crippen molar-refractivity contribution in [2.75, 3.05) is 0 Å². The second-order valence-electron chi connectivity index (χ2n) is 2.47. The molecule has 0 N–H and O–H groups in total. The molecule has 0 amide bonds. The Kier molecular flexibility index (Phi) is 2.29. The Morgan fingerprint density at radius 3 is 2.82 bits per heavy atom. The molecule has 0 atom stereocenters. The van der Waals surface area contributed by atoms with E-state index in [9.17, 15) is 4.79 Å². The van der Waals surface area contributed by atoms with E-state index in [0.29, 0.717) is 11.7 Å². The van der Waals surface area contributed by atoms with E-state index in [2.05, 4.69) is 5.10 Å². The largest absolute Gasteiger partial charge is 0.298 e. The number of carbonyl (C=O) groups is 1. The molecule has 0 spiro atoms. The quantitative estimate of drug-likeness (QED) is 0.677. The molecule has 4 heteroatoms. The van der Waals surface area contributed by atoms with Gasteiger partial charge < -0.3 is 0 Å². The van der Waals surface area contributed by atoms with Crippen LogP contribution >= 0.6 is 11.6 Å². The Hall–Kier alpha value is -0.830. The number of halogens is 1. The molecule has 3 nitrogen and oxygen atoms in total. The summed E-state index contributed by atoms with van der Waals surface area (Å²) in [5.74, 6) is 0.0767. The van der Waals surface area contributed by atoms with E-state index in [-0.39, 0.29) is 5.78 Å². The van der Waals surface area contributed by atoms with Gasteiger partial charge in [0.25, 0.3) is 0 Å². The molecule has 1 heterocycles. The average molecular weight is 173 g/mol. The average Bonchev–Trinajstić information content (AvgIpc) is 2.09. The van der Waals surface area contributed by atoms with Crippen molar-refractivity contribution in [3.63, 3.8) is 0 Å². The third kappa shape index (κ3) is 2.05. The van der Waals surface area contributed by atoms with Gasteiger partial charge in [-0.05, 0) is 19.9 Å². The maximum Gasteiger partial charge on any atom is 0.151 e. The first-order valence-electron chi connectivity index (χ1n) is 3.29. The predicted molar refractivity (Wildman–Crippen MR) is 42.7 cm³/mol. The molecule has 0 radical (unpaired) electrons. The Bertz CT molecular complexity index is 280. The summed E-state index contributed by atoms with van der Waals surface area (Å²) in [6, 6.07) is 1.73. The van der Waals surface area contributed by atoms with Crippen molar-refractivity contribution in [1.82, 2.24) is 9.78 Å². The van der Waals surface area contributed by atoms with Crippen molar-refractivity contribution in [1.29, 1.82) is 0 Å². The van der Waals surface area contributed by atoms with Gasteiger partial charge in [-0.25, -0.2) is 0 Å². The molecular weight excluding hydrogens is 164 g/mol. The summed E-state index contributed by atoms with van der Waals surface area (Å²) < 4.78 is 1.59. The summed E-state index contributed by atoms with van der Waals surface area (Å²) in [6.45, 7) is 3.69. The number of ketones is 1. The Labute approximate surface area is 70.0 Å². The fourth-order valence-electron chi connectivity index (χ4n) is 0.841. The van der Waals surface area contributed by atoms with Crippen LogP contribution in [0.2, 0.25) is 5.15 Å². The van der Waals surface area contributed by atoms with Gasteiger partial charge in [-0.1, -0.05) is 11.6 Å². The number of hydrogen-bond donors (Lipinski definition) is 0. The molecule has 0 saturated carbocycles. The second-order valence-corrected chi connectivity index (χ2v) is 2.86. The zero-order chi connectivity index (χ0) is 8.43. The fraction of sp³-hybridized carbons (Fsp3) is 0.429. The summed E-state index contributed by atoms with van der Waals surface area (Å²) >= 11 is 5.61. The summed E-state index contributed by atoms with van der Waals surface area (Å²) in [5, 5.41) is 4.35. The van der Waals surface area contributed by atoms with Crippen molar-refractivity contribution in [3.8, 4) is 0 Å². The van der Waals surface area contributed by atoms with Crippen LogP contribution < -0.4 is 0 Å². The van der Waals surface area contributed by atoms with Crippen LogP contribution in [0.4, 0.5) is 0 Å². The van der Waals surface area contributed by atoms with Crippen molar-refractivity contribution >= 4 is 17.4 Å². The first-order valence-corrected chi connectivity index (χ1v) is 3.67. The van der Waals surface area contributed by atoms with Crippen LogP contribution in [0.5, 0.6) is 0 Å². The fourth-order valence-corrected chi connectivity index (χ4v) is 1.09. The maximum atomic E-state index is 10.7. The lowest BCUT2D eigenvalue weighted by atomic mass is 10.4. The van der Waals surface area contributed by atoms with Gasteiger partial charge in [-0.15, -0.1) is 0 Å². The lowest BCUT2D eigenvalue weighted by Gasteiger charge is -1.98. The zero-order valence-corrected chi connectivity index (χ0v) is 7.22. The number of nitrogens with zero attached hydrogens (tertiary/aromatic N) is 2. The first-order chi connectivity index (χ1) is 5.09. The molecule has 1 rings (SSSR count). The van der Waals surface area contributed by atoms with Gasteiger partial charge in [0.05, 0.1) is 6.54 Å². The summed E-state index contributed by atoms with van der Waals surface area (Å²) in [6.07, 6.45) is 0. The number of rotatable bonds is 2. The van der Waals surface area contributed by atoms with Crippen molar-refractivity contribution in [2.24, 2.45) is 0 Å².